The predicted molar refractivity (Wildman–Crippen MR) is 119 cm³/mol. The quantitative estimate of drug-likeness (QED) is 0.477. The molecule has 0 aliphatic heterocycles. The predicted octanol–water partition coefficient (Wildman–Crippen LogP) is 4.26. The molecule has 0 aliphatic carbocycles. The van der Waals surface area contributed by atoms with E-state index in [1.165, 1.54) is 23.3 Å². The summed E-state index contributed by atoms with van der Waals surface area (Å²) in [5.74, 6) is 0.751. The van der Waals surface area contributed by atoms with Crippen molar-refractivity contribution in [2.24, 2.45) is 0 Å². The average molecular weight is 441 g/mol. The Morgan fingerprint density at radius 3 is 2.27 bits per heavy atom. The Morgan fingerprint density at radius 1 is 0.933 bits per heavy atom. The largest absolute Gasteiger partial charge is 0.340 e. The maximum Gasteiger partial charge on any atom is 0.264 e. The first-order chi connectivity index (χ1) is 14.2. The van der Waals surface area contributed by atoms with Crippen molar-refractivity contribution in [2.75, 3.05) is 10.0 Å². The van der Waals surface area contributed by atoms with Crippen molar-refractivity contribution in [3.05, 3.63) is 58.5 Å². The summed E-state index contributed by atoms with van der Waals surface area (Å²) in [5.41, 5.74) is 3.24. The molecule has 8 nitrogen and oxygen atoms in total. The number of aryl methyl sites for hydroxylation is 4. The highest BCUT2D eigenvalue weighted by Gasteiger charge is 2.17. The van der Waals surface area contributed by atoms with Gasteiger partial charge >= 0.3 is 0 Å². The number of nitrogens with zero attached hydrogens (tertiary/aromatic N) is 4. The molecule has 0 spiro atoms. The van der Waals surface area contributed by atoms with E-state index in [1.807, 2.05) is 6.92 Å². The van der Waals surface area contributed by atoms with Gasteiger partial charge in [0.2, 0.25) is 5.95 Å². The molecule has 10 heteroatoms. The minimum absolute atomic E-state index is 0.0568. The lowest BCUT2D eigenvalue weighted by atomic mass is 10.2. The zero-order valence-electron chi connectivity index (χ0n) is 16.9. The van der Waals surface area contributed by atoms with Gasteiger partial charge in [0.1, 0.15) is 17.0 Å². The fourth-order valence-electron chi connectivity index (χ4n) is 3.08. The molecule has 30 heavy (non-hydrogen) atoms. The van der Waals surface area contributed by atoms with Gasteiger partial charge in [-0.25, -0.2) is 33.1 Å². The van der Waals surface area contributed by atoms with Gasteiger partial charge < -0.3 is 5.32 Å². The van der Waals surface area contributed by atoms with Crippen LogP contribution in [-0.4, -0.2) is 28.4 Å². The molecule has 0 saturated heterocycles. The van der Waals surface area contributed by atoms with Gasteiger partial charge in [-0.3, -0.25) is 0 Å². The topological polar surface area (TPSA) is 110 Å². The number of nitrogens with one attached hydrogen (secondary N) is 2. The van der Waals surface area contributed by atoms with Crippen LogP contribution in [-0.2, 0) is 10.0 Å². The fraction of sp³-hybridized carbons (Fsp3) is 0.200. The van der Waals surface area contributed by atoms with E-state index in [9.17, 15) is 8.42 Å². The van der Waals surface area contributed by atoms with Crippen molar-refractivity contribution in [3.8, 4) is 0 Å². The Hall–Kier alpha value is -3.11. The van der Waals surface area contributed by atoms with E-state index in [0.29, 0.717) is 17.2 Å². The third-order valence-corrected chi connectivity index (χ3v) is 7.06. The van der Waals surface area contributed by atoms with Gasteiger partial charge in [0.15, 0.2) is 0 Å². The molecular formula is C20H20N6O2S2. The first kappa shape index (κ1) is 20.2. The average Bonchev–Trinajstić information content (AvgIpc) is 2.96. The highest BCUT2D eigenvalue weighted by Crippen LogP contribution is 2.33. The number of fused-ring (bicyclic) bond motifs is 1. The maximum absolute atomic E-state index is 12.7. The smallest absolute Gasteiger partial charge is 0.264 e. The Kier molecular flexibility index (Phi) is 5.12. The second-order valence-corrected chi connectivity index (χ2v) is 9.80. The van der Waals surface area contributed by atoms with E-state index in [1.54, 1.807) is 43.4 Å². The van der Waals surface area contributed by atoms with Gasteiger partial charge in [-0.1, -0.05) is 0 Å². The molecule has 0 bridgehead atoms. The van der Waals surface area contributed by atoms with Crippen LogP contribution < -0.4 is 10.0 Å². The zero-order chi connectivity index (χ0) is 21.5. The Balaban J connectivity index is 1.59. The van der Waals surface area contributed by atoms with Gasteiger partial charge in [-0.2, -0.15) is 0 Å². The van der Waals surface area contributed by atoms with Gasteiger partial charge in [0, 0.05) is 22.0 Å². The van der Waals surface area contributed by atoms with E-state index in [4.69, 9.17) is 0 Å². The summed E-state index contributed by atoms with van der Waals surface area (Å²) in [7, 11) is -3.80. The molecule has 154 valence electrons. The van der Waals surface area contributed by atoms with Gasteiger partial charge in [-0.05, 0) is 63.6 Å². The van der Waals surface area contributed by atoms with Crippen molar-refractivity contribution in [2.45, 2.75) is 32.6 Å². The number of hydrogen-bond donors (Lipinski definition) is 2. The van der Waals surface area contributed by atoms with E-state index < -0.39 is 10.0 Å². The SMILES string of the molecule is Cc1cc(C)nc(NS(=O)(=O)c2ccc(Nc3ncnc4sc(C)c(C)c34)cc2)n1. The second kappa shape index (κ2) is 7.62. The van der Waals surface area contributed by atoms with E-state index in [2.05, 4.69) is 36.9 Å². The number of sulfonamides is 1. The van der Waals surface area contributed by atoms with Crippen LogP contribution in [0.25, 0.3) is 10.2 Å². The normalized spacial score (nSPS) is 11.6. The van der Waals surface area contributed by atoms with Crippen LogP contribution in [0.4, 0.5) is 17.5 Å². The van der Waals surface area contributed by atoms with Gasteiger partial charge in [0.25, 0.3) is 10.0 Å². The lowest BCUT2D eigenvalue weighted by molar-refractivity contribution is 0.601. The zero-order valence-corrected chi connectivity index (χ0v) is 18.5. The highest BCUT2D eigenvalue weighted by molar-refractivity contribution is 7.92. The molecule has 0 aliphatic rings. The van der Waals surface area contributed by atoms with Crippen LogP contribution in [0.3, 0.4) is 0 Å². The molecule has 0 radical (unpaired) electrons. The molecule has 4 aromatic rings. The van der Waals surface area contributed by atoms with Crippen molar-refractivity contribution < 1.29 is 8.42 Å². The van der Waals surface area contributed by atoms with Crippen LogP contribution in [0.15, 0.2) is 41.6 Å². The van der Waals surface area contributed by atoms with Crippen LogP contribution in [0.1, 0.15) is 21.8 Å². The van der Waals surface area contributed by atoms with Crippen LogP contribution >= 0.6 is 11.3 Å². The number of anilines is 3. The molecular weight excluding hydrogens is 420 g/mol. The lowest BCUT2D eigenvalue weighted by Gasteiger charge is -2.10. The molecule has 3 aromatic heterocycles. The van der Waals surface area contributed by atoms with Crippen LogP contribution in [0, 0.1) is 27.7 Å². The molecule has 0 saturated carbocycles. The Bertz CT molecular complexity index is 1330. The summed E-state index contributed by atoms with van der Waals surface area (Å²) >= 11 is 1.62. The molecule has 0 unspecified atom stereocenters. The summed E-state index contributed by atoms with van der Waals surface area (Å²) < 4.78 is 27.8. The monoisotopic (exact) mass is 440 g/mol. The fourth-order valence-corrected chi connectivity index (χ4v) is 5.02. The summed E-state index contributed by atoms with van der Waals surface area (Å²) in [4.78, 5) is 19.2. The molecule has 2 N–H and O–H groups in total. The van der Waals surface area contributed by atoms with Crippen LogP contribution in [0.2, 0.25) is 0 Å². The first-order valence-corrected chi connectivity index (χ1v) is 11.5. The minimum atomic E-state index is -3.80. The summed E-state index contributed by atoms with van der Waals surface area (Å²) in [5, 5.41) is 4.24. The van der Waals surface area contributed by atoms with Crippen molar-refractivity contribution in [3.63, 3.8) is 0 Å². The van der Waals surface area contributed by atoms with Crippen molar-refractivity contribution in [1.29, 1.82) is 0 Å². The maximum atomic E-state index is 12.7. The minimum Gasteiger partial charge on any atom is -0.340 e. The summed E-state index contributed by atoms with van der Waals surface area (Å²) in [6.45, 7) is 7.66. The number of thiophene rings is 1. The summed E-state index contributed by atoms with van der Waals surface area (Å²) in [6.07, 6.45) is 1.52. The Morgan fingerprint density at radius 2 is 1.60 bits per heavy atom. The second-order valence-electron chi connectivity index (χ2n) is 6.91. The molecule has 1 aromatic carbocycles. The standard InChI is InChI=1S/C20H20N6O2S2/c1-11-9-12(2)24-20(23-11)26-30(27,28)16-7-5-15(6-8-16)25-18-17-13(3)14(4)29-19(17)22-10-21-18/h5-10H,1-4H3,(H,21,22,25)(H,23,24,26). The van der Waals surface area contributed by atoms with Crippen LogP contribution in [0.5, 0.6) is 0 Å². The molecule has 0 amide bonds. The highest BCUT2D eigenvalue weighted by atomic mass is 32.2. The first-order valence-electron chi connectivity index (χ1n) is 9.16. The van der Waals surface area contributed by atoms with Crippen molar-refractivity contribution in [1.82, 2.24) is 19.9 Å². The number of rotatable bonds is 5. The number of benzene rings is 1. The Labute approximate surface area is 178 Å². The molecule has 0 fully saturated rings. The lowest BCUT2D eigenvalue weighted by Crippen LogP contribution is -2.15. The van der Waals surface area contributed by atoms with Gasteiger partial charge in [0.05, 0.1) is 10.3 Å². The summed E-state index contributed by atoms with van der Waals surface area (Å²) in [6, 6.07) is 8.22. The molecule has 3 heterocycles. The van der Waals surface area contributed by atoms with E-state index in [0.717, 1.165) is 21.5 Å². The van der Waals surface area contributed by atoms with Gasteiger partial charge in [-0.15, -0.1) is 11.3 Å². The molecule has 4 rings (SSSR count). The number of aromatic nitrogens is 4. The number of hydrogen-bond acceptors (Lipinski definition) is 8. The third kappa shape index (κ3) is 3.96. The van der Waals surface area contributed by atoms with E-state index in [-0.39, 0.29) is 10.8 Å². The molecule has 0 atom stereocenters. The van der Waals surface area contributed by atoms with Crippen molar-refractivity contribution >= 4 is 49.0 Å². The van der Waals surface area contributed by atoms with E-state index >= 15 is 0 Å². The third-order valence-electron chi connectivity index (χ3n) is 4.60.